The largest absolute Gasteiger partial charge is 0.366 e. The molecule has 0 spiro atoms. The van der Waals surface area contributed by atoms with Crippen LogP contribution < -0.4 is 10.2 Å². The number of benzene rings is 1. The number of ether oxygens (including phenoxy) is 1. The molecule has 1 N–H and O–H groups in total. The fourth-order valence-corrected chi connectivity index (χ4v) is 6.41. The third-order valence-corrected chi connectivity index (χ3v) is 8.62. The van der Waals surface area contributed by atoms with Crippen molar-refractivity contribution in [2.24, 2.45) is 11.8 Å². The molecule has 1 aromatic heterocycles. The summed E-state index contributed by atoms with van der Waals surface area (Å²) < 4.78 is 20.7. The maximum absolute atomic E-state index is 15.2. The summed E-state index contributed by atoms with van der Waals surface area (Å²) in [5.74, 6) is -2.43. The van der Waals surface area contributed by atoms with Gasteiger partial charge in [-0.1, -0.05) is 13.8 Å². The number of nitrogens with zero attached hydrogens (tertiary/aromatic N) is 5. The number of likely N-dealkylation sites (tertiary alicyclic amines) is 1. The number of carbonyl (C=O) groups excluding carboxylic acids is 3. The van der Waals surface area contributed by atoms with Crippen LogP contribution in [0.5, 0.6) is 0 Å². The number of nitrogens with one attached hydrogen (secondary N) is 1. The number of piperazine rings is 1. The maximum Gasteiger partial charge on any atom is 0.252 e. The fourth-order valence-electron chi connectivity index (χ4n) is 5.53. The molecule has 3 saturated heterocycles. The number of nitriles is 1. The molecule has 3 aliphatic rings. The van der Waals surface area contributed by atoms with Crippen LogP contribution in [0.15, 0.2) is 23.6 Å². The summed E-state index contributed by atoms with van der Waals surface area (Å²) in [5.41, 5.74) is 0.885. The number of likely N-dealkylation sites (N-methyl/N-ethyl adjacent to an activating group) is 1. The molecule has 10 nitrogen and oxygen atoms in total. The van der Waals surface area contributed by atoms with Crippen molar-refractivity contribution >= 4 is 34.1 Å². The van der Waals surface area contributed by atoms with Gasteiger partial charge in [-0.05, 0) is 37.6 Å². The molecule has 2 amide bonds. The van der Waals surface area contributed by atoms with Crippen molar-refractivity contribution in [2.45, 2.75) is 38.5 Å². The molecule has 1 unspecified atom stereocenters. The average Bonchev–Trinajstić information content (AvgIpc) is 3.65. The van der Waals surface area contributed by atoms with Crippen molar-refractivity contribution in [1.29, 1.82) is 5.26 Å². The van der Waals surface area contributed by atoms with E-state index in [1.54, 1.807) is 0 Å². The van der Waals surface area contributed by atoms with Gasteiger partial charge in [0.15, 0.2) is 10.9 Å². The van der Waals surface area contributed by atoms with E-state index in [0.717, 1.165) is 37.4 Å². The quantitative estimate of drug-likeness (QED) is 0.540. The highest BCUT2D eigenvalue weighted by molar-refractivity contribution is 7.14. The molecular weight excluding hydrogens is 535 g/mol. The number of thiazole rings is 1. The minimum atomic E-state index is -0.939. The van der Waals surface area contributed by atoms with Gasteiger partial charge in [-0.3, -0.25) is 14.4 Å². The molecule has 4 heterocycles. The van der Waals surface area contributed by atoms with Crippen molar-refractivity contribution in [1.82, 2.24) is 20.1 Å². The average molecular weight is 569 g/mol. The van der Waals surface area contributed by atoms with Crippen molar-refractivity contribution in [3.05, 3.63) is 35.0 Å². The van der Waals surface area contributed by atoms with Crippen LogP contribution in [0, 0.1) is 29.0 Å². The van der Waals surface area contributed by atoms with E-state index >= 15 is 4.39 Å². The monoisotopic (exact) mass is 568 g/mol. The Bertz CT molecular complexity index is 1330. The number of hydrogen-bond donors (Lipinski definition) is 1. The second kappa shape index (κ2) is 11.6. The Morgan fingerprint density at radius 1 is 1.27 bits per heavy atom. The van der Waals surface area contributed by atoms with Crippen LogP contribution in [0.2, 0.25) is 0 Å². The lowest BCUT2D eigenvalue weighted by atomic mass is 10.0. The van der Waals surface area contributed by atoms with Gasteiger partial charge in [-0.25, -0.2) is 9.37 Å². The van der Waals surface area contributed by atoms with E-state index < -0.39 is 41.7 Å². The SMILES string of the molecule is CC(C)C[C@H](NC(=O)c1ccc(-c2csc(N3CCN(C)CC3)n2)c(F)c1)C(=O)N1C[C@@H](C#N)C2OCC(=O)[C@H]21. The Morgan fingerprint density at radius 3 is 2.70 bits per heavy atom. The first kappa shape index (κ1) is 28.1. The van der Waals surface area contributed by atoms with Crippen LogP contribution in [0.3, 0.4) is 0 Å². The molecular formula is C28H33FN6O4S. The second-order valence-electron chi connectivity index (χ2n) is 11.1. The Balaban J connectivity index is 1.30. The van der Waals surface area contributed by atoms with Crippen molar-refractivity contribution in [3.8, 4) is 17.3 Å². The molecule has 0 saturated carbocycles. The first-order chi connectivity index (χ1) is 19.2. The molecule has 1 aromatic carbocycles. The zero-order valence-electron chi connectivity index (χ0n) is 22.8. The van der Waals surface area contributed by atoms with E-state index in [1.165, 1.54) is 28.4 Å². The number of carbonyl (C=O) groups is 3. The summed E-state index contributed by atoms with van der Waals surface area (Å²) >= 11 is 1.46. The molecule has 0 bridgehead atoms. The molecule has 3 aliphatic heterocycles. The van der Waals surface area contributed by atoms with Crippen LogP contribution in [-0.2, 0) is 14.3 Å². The lowest BCUT2D eigenvalue weighted by Gasteiger charge is -2.32. The molecule has 12 heteroatoms. The second-order valence-corrected chi connectivity index (χ2v) is 11.9. The Hall–Kier alpha value is -3.40. The Kier molecular flexibility index (Phi) is 8.16. The third kappa shape index (κ3) is 5.59. The number of fused-ring (bicyclic) bond motifs is 1. The molecule has 0 radical (unpaired) electrons. The topological polar surface area (TPSA) is 119 Å². The van der Waals surface area contributed by atoms with Crippen LogP contribution in [0.25, 0.3) is 11.3 Å². The van der Waals surface area contributed by atoms with Crippen LogP contribution in [0.4, 0.5) is 9.52 Å². The zero-order valence-corrected chi connectivity index (χ0v) is 23.6. The number of Topliss-reactive ketones (excluding diaryl/α,β-unsaturated/α-hetero) is 1. The minimum Gasteiger partial charge on any atom is -0.366 e. The molecule has 3 fully saturated rings. The Labute approximate surface area is 236 Å². The smallest absolute Gasteiger partial charge is 0.252 e. The highest BCUT2D eigenvalue weighted by Crippen LogP contribution is 2.33. The van der Waals surface area contributed by atoms with Gasteiger partial charge in [-0.15, -0.1) is 11.3 Å². The zero-order chi connectivity index (χ0) is 28.6. The van der Waals surface area contributed by atoms with Gasteiger partial charge < -0.3 is 24.8 Å². The number of rotatable bonds is 7. The normalized spacial score (nSPS) is 23.8. The van der Waals surface area contributed by atoms with E-state index in [1.807, 2.05) is 19.2 Å². The fraction of sp³-hybridized carbons (Fsp3) is 0.536. The van der Waals surface area contributed by atoms with Crippen LogP contribution in [0.1, 0.15) is 30.6 Å². The lowest BCUT2D eigenvalue weighted by Crippen LogP contribution is -2.52. The van der Waals surface area contributed by atoms with Gasteiger partial charge in [0.05, 0.1) is 17.7 Å². The number of amides is 2. The number of aromatic nitrogens is 1. The predicted molar refractivity (Wildman–Crippen MR) is 147 cm³/mol. The van der Waals surface area contributed by atoms with Crippen molar-refractivity contribution in [2.75, 3.05) is 51.3 Å². The number of hydrogen-bond acceptors (Lipinski definition) is 9. The molecule has 212 valence electrons. The summed E-state index contributed by atoms with van der Waals surface area (Å²) in [7, 11) is 2.08. The highest BCUT2D eigenvalue weighted by Gasteiger charge is 2.53. The maximum atomic E-state index is 15.2. The van der Waals surface area contributed by atoms with Gasteiger partial charge in [0.2, 0.25) is 5.91 Å². The minimum absolute atomic E-state index is 0.0493. The molecule has 0 aliphatic carbocycles. The van der Waals surface area contributed by atoms with Gasteiger partial charge in [0, 0.05) is 49.2 Å². The number of ketones is 1. The molecule has 2 aromatic rings. The van der Waals surface area contributed by atoms with Gasteiger partial charge in [0.25, 0.3) is 5.91 Å². The van der Waals surface area contributed by atoms with E-state index in [9.17, 15) is 19.6 Å². The van der Waals surface area contributed by atoms with E-state index in [-0.39, 0.29) is 30.4 Å². The van der Waals surface area contributed by atoms with Crippen molar-refractivity contribution < 1.29 is 23.5 Å². The predicted octanol–water partition coefficient (Wildman–Crippen LogP) is 2.16. The first-order valence-corrected chi connectivity index (χ1v) is 14.4. The number of halogens is 1. The molecule has 5 rings (SSSR count). The van der Waals surface area contributed by atoms with E-state index in [2.05, 4.69) is 33.2 Å². The van der Waals surface area contributed by atoms with Gasteiger partial charge >= 0.3 is 0 Å². The summed E-state index contributed by atoms with van der Waals surface area (Å²) in [6.07, 6.45) is -0.333. The third-order valence-electron chi connectivity index (χ3n) is 7.72. The highest BCUT2D eigenvalue weighted by atomic mass is 32.1. The van der Waals surface area contributed by atoms with E-state index in [0.29, 0.717) is 17.7 Å². The molecule has 4 atom stereocenters. The van der Waals surface area contributed by atoms with E-state index in [4.69, 9.17) is 4.74 Å². The summed E-state index contributed by atoms with van der Waals surface area (Å²) in [6, 6.07) is 4.57. The summed E-state index contributed by atoms with van der Waals surface area (Å²) in [4.78, 5) is 49.6. The van der Waals surface area contributed by atoms with Gasteiger partial charge in [-0.2, -0.15) is 5.26 Å². The van der Waals surface area contributed by atoms with Crippen molar-refractivity contribution in [3.63, 3.8) is 0 Å². The lowest BCUT2D eigenvalue weighted by molar-refractivity contribution is -0.138. The van der Waals surface area contributed by atoms with Crippen LogP contribution >= 0.6 is 11.3 Å². The molecule has 40 heavy (non-hydrogen) atoms. The van der Waals surface area contributed by atoms with Crippen LogP contribution in [-0.4, -0.2) is 96.9 Å². The summed E-state index contributed by atoms with van der Waals surface area (Å²) in [5, 5.41) is 14.9. The summed E-state index contributed by atoms with van der Waals surface area (Å²) in [6.45, 7) is 7.36. The first-order valence-electron chi connectivity index (χ1n) is 13.5. The van der Waals surface area contributed by atoms with Gasteiger partial charge in [0.1, 0.15) is 30.6 Å². The Morgan fingerprint density at radius 2 is 2.02 bits per heavy atom. The number of anilines is 1. The standard InChI is InChI=1S/C28H33FN6O4S/c1-16(2)10-21(27(38)35-13-18(12-30)25-24(35)23(36)14-39-25)31-26(37)17-4-5-19(20(29)11-17)22-15-40-28(32-22)34-8-6-33(3)7-9-34/h4-5,11,15-16,18,21,24-25H,6-10,13-14H2,1-3H3,(H,31,37)/t18-,21+,24-,25?/m1/s1.